The van der Waals surface area contributed by atoms with E-state index in [1.165, 1.54) is 6.42 Å². The molecule has 3 N–H and O–H groups in total. The van der Waals surface area contributed by atoms with Crippen LogP contribution in [0.5, 0.6) is 0 Å². The summed E-state index contributed by atoms with van der Waals surface area (Å²) in [6.45, 7) is 0.756. The number of pyridine rings is 1. The first-order chi connectivity index (χ1) is 9.20. The van der Waals surface area contributed by atoms with Gasteiger partial charge >= 0.3 is 0 Å². The van der Waals surface area contributed by atoms with Crippen molar-refractivity contribution >= 4 is 11.6 Å². The maximum Gasteiger partial charge on any atom is 0.228 e. The Morgan fingerprint density at radius 1 is 1.47 bits per heavy atom. The van der Waals surface area contributed by atoms with E-state index in [-0.39, 0.29) is 12.5 Å². The van der Waals surface area contributed by atoms with Crippen LogP contribution in [0.1, 0.15) is 31.4 Å². The van der Waals surface area contributed by atoms with Gasteiger partial charge in [-0.05, 0) is 37.8 Å². The first-order valence-electron chi connectivity index (χ1n) is 6.81. The van der Waals surface area contributed by atoms with Crippen molar-refractivity contribution in [2.24, 2.45) is 0 Å². The van der Waals surface area contributed by atoms with Crippen LogP contribution in [-0.2, 0) is 11.2 Å². The number of aromatic nitrogens is 1. The van der Waals surface area contributed by atoms with Crippen LogP contribution < -0.4 is 5.73 Å². The molecule has 1 fully saturated rings. The van der Waals surface area contributed by atoms with Gasteiger partial charge in [-0.15, -0.1) is 0 Å². The molecule has 1 saturated carbocycles. The number of aliphatic hydroxyl groups excluding tert-OH is 1. The van der Waals surface area contributed by atoms with Crippen molar-refractivity contribution in [3.05, 3.63) is 24.0 Å². The minimum Gasteiger partial charge on any atom is -0.397 e. The number of amides is 1. The molecule has 1 amide bonds. The third-order valence-corrected chi connectivity index (χ3v) is 3.57. The van der Waals surface area contributed by atoms with Gasteiger partial charge in [0.2, 0.25) is 5.91 Å². The zero-order valence-electron chi connectivity index (χ0n) is 11.1. The predicted octanol–water partition coefficient (Wildman–Crippen LogP) is 0.970. The van der Waals surface area contributed by atoms with Gasteiger partial charge in [0.25, 0.3) is 0 Å². The quantitative estimate of drug-likeness (QED) is 0.801. The molecular formula is C14H21N3O2. The number of carbonyl (C=O) groups is 1. The molecule has 1 aliphatic carbocycles. The molecule has 0 spiro atoms. The number of hydrogen-bond donors (Lipinski definition) is 2. The first-order valence-corrected chi connectivity index (χ1v) is 6.81. The molecule has 1 heterocycles. The van der Waals surface area contributed by atoms with Gasteiger partial charge in [-0.25, -0.2) is 0 Å². The molecule has 0 aliphatic heterocycles. The van der Waals surface area contributed by atoms with Gasteiger partial charge in [0.15, 0.2) is 0 Å². The van der Waals surface area contributed by atoms with Gasteiger partial charge in [0.1, 0.15) is 0 Å². The van der Waals surface area contributed by atoms with Crippen molar-refractivity contribution in [3.63, 3.8) is 0 Å². The average Bonchev–Trinajstić information content (AvgIpc) is 2.34. The number of nitrogens with zero attached hydrogens (tertiary/aromatic N) is 2. The van der Waals surface area contributed by atoms with Gasteiger partial charge in [-0.2, -0.15) is 0 Å². The van der Waals surface area contributed by atoms with Crippen molar-refractivity contribution in [1.82, 2.24) is 9.88 Å². The molecular weight excluding hydrogens is 242 g/mol. The number of nitrogen functional groups attached to an aromatic ring is 1. The van der Waals surface area contributed by atoms with Gasteiger partial charge in [-0.1, -0.05) is 0 Å². The first kappa shape index (κ1) is 13.8. The fourth-order valence-electron chi connectivity index (χ4n) is 2.25. The monoisotopic (exact) mass is 263 g/mol. The molecule has 5 heteroatoms. The molecule has 104 valence electrons. The maximum absolute atomic E-state index is 12.3. The molecule has 0 bridgehead atoms. The van der Waals surface area contributed by atoms with Crippen LogP contribution in [-0.4, -0.2) is 40.1 Å². The van der Waals surface area contributed by atoms with Crippen LogP contribution in [0.2, 0.25) is 0 Å². The number of carbonyl (C=O) groups excluding carboxylic acids is 1. The van der Waals surface area contributed by atoms with Crippen LogP contribution in [0, 0.1) is 0 Å². The summed E-state index contributed by atoms with van der Waals surface area (Å²) in [4.78, 5) is 18.4. The van der Waals surface area contributed by atoms with E-state index >= 15 is 0 Å². The Morgan fingerprint density at radius 3 is 2.79 bits per heavy atom. The highest BCUT2D eigenvalue weighted by Gasteiger charge is 2.28. The van der Waals surface area contributed by atoms with E-state index in [1.807, 2.05) is 4.90 Å². The van der Waals surface area contributed by atoms with Crippen molar-refractivity contribution < 1.29 is 9.90 Å². The largest absolute Gasteiger partial charge is 0.397 e. The van der Waals surface area contributed by atoms with Crippen LogP contribution >= 0.6 is 0 Å². The predicted molar refractivity (Wildman–Crippen MR) is 73.4 cm³/mol. The molecule has 19 heavy (non-hydrogen) atoms. The summed E-state index contributed by atoms with van der Waals surface area (Å²) in [5, 5.41) is 8.93. The number of hydrogen-bond acceptors (Lipinski definition) is 4. The zero-order chi connectivity index (χ0) is 13.7. The smallest absolute Gasteiger partial charge is 0.228 e. The molecule has 1 aliphatic rings. The minimum atomic E-state index is 0.0930. The Balaban J connectivity index is 1.96. The normalized spacial score (nSPS) is 15.0. The summed E-state index contributed by atoms with van der Waals surface area (Å²) in [6.07, 6.45) is 5.86. The topological polar surface area (TPSA) is 79.5 Å². The van der Waals surface area contributed by atoms with E-state index < -0.39 is 0 Å². The zero-order valence-corrected chi connectivity index (χ0v) is 11.1. The van der Waals surface area contributed by atoms with E-state index in [0.29, 0.717) is 31.1 Å². The lowest BCUT2D eigenvalue weighted by molar-refractivity contribution is -0.134. The van der Waals surface area contributed by atoms with Gasteiger partial charge in [0, 0.05) is 24.9 Å². The van der Waals surface area contributed by atoms with Crippen molar-refractivity contribution in [3.8, 4) is 0 Å². The van der Waals surface area contributed by atoms with E-state index in [4.69, 9.17) is 10.8 Å². The second kappa shape index (κ2) is 6.52. The molecule has 1 aromatic heterocycles. The van der Waals surface area contributed by atoms with Crippen LogP contribution in [0.25, 0.3) is 0 Å². The lowest BCUT2D eigenvalue weighted by Crippen LogP contribution is -2.45. The molecule has 0 unspecified atom stereocenters. The van der Waals surface area contributed by atoms with Gasteiger partial charge < -0.3 is 15.7 Å². The number of nitrogens with two attached hydrogens (primary N) is 1. The third-order valence-electron chi connectivity index (χ3n) is 3.57. The Labute approximate surface area is 113 Å². The van der Waals surface area contributed by atoms with E-state index in [9.17, 15) is 4.79 Å². The van der Waals surface area contributed by atoms with E-state index in [0.717, 1.165) is 18.5 Å². The Morgan fingerprint density at radius 2 is 2.26 bits per heavy atom. The van der Waals surface area contributed by atoms with Gasteiger partial charge in [-0.3, -0.25) is 9.78 Å². The van der Waals surface area contributed by atoms with Gasteiger partial charge in [0.05, 0.1) is 18.3 Å². The minimum absolute atomic E-state index is 0.0930. The fraction of sp³-hybridized carbons (Fsp3) is 0.571. The van der Waals surface area contributed by atoms with Crippen LogP contribution in [0.15, 0.2) is 18.3 Å². The average molecular weight is 263 g/mol. The van der Waals surface area contributed by atoms with Crippen molar-refractivity contribution in [1.29, 1.82) is 0 Å². The third kappa shape index (κ3) is 3.67. The highest BCUT2D eigenvalue weighted by molar-refractivity contribution is 5.78. The summed E-state index contributed by atoms with van der Waals surface area (Å²) in [5.41, 5.74) is 6.92. The number of rotatable bonds is 6. The lowest BCUT2D eigenvalue weighted by atomic mass is 9.91. The van der Waals surface area contributed by atoms with E-state index in [1.54, 1.807) is 18.3 Å². The Bertz CT molecular complexity index is 415. The summed E-state index contributed by atoms with van der Waals surface area (Å²) in [6, 6.07) is 3.91. The van der Waals surface area contributed by atoms with Crippen LogP contribution in [0.3, 0.4) is 0 Å². The van der Waals surface area contributed by atoms with Crippen molar-refractivity contribution in [2.45, 2.75) is 38.1 Å². The van der Waals surface area contributed by atoms with E-state index in [2.05, 4.69) is 4.98 Å². The Kier molecular flexibility index (Phi) is 4.74. The molecule has 1 aromatic rings. The molecule has 0 saturated heterocycles. The molecule has 5 nitrogen and oxygen atoms in total. The fourth-order valence-corrected chi connectivity index (χ4v) is 2.25. The maximum atomic E-state index is 12.3. The molecule has 0 radical (unpaired) electrons. The van der Waals surface area contributed by atoms with Crippen molar-refractivity contribution in [2.75, 3.05) is 18.9 Å². The number of anilines is 1. The second-order valence-electron chi connectivity index (χ2n) is 5.01. The summed E-state index contributed by atoms with van der Waals surface area (Å²) in [7, 11) is 0. The highest BCUT2D eigenvalue weighted by atomic mass is 16.3. The SMILES string of the molecule is Nc1ccc(CC(=O)N(CCCO)C2CCC2)nc1. The standard InChI is InChI=1S/C14H21N3O2/c15-11-5-6-12(16-10-11)9-14(19)17(7-2-8-18)13-3-1-4-13/h5-6,10,13,18H,1-4,7-9,15H2. The summed E-state index contributed by atoms with van der Waals surface area (Å²) < 4.78 is 0. The lowest BCUT2D eigenvalue weighted by Gasteiger charge is -2.37. The number of aliphatic hydroxyl groups is 1. The summed E-state index contributed by atoms with van der Waals surface area (Å²) >= 11 is 0. The molecule has 0 aromatic carbocycles. The Hall–Kier alpha value is -1.62. The van der Waals surface area contributed by atoms with Crippen LogP contribution in [0.4, 0.5) is 5.69 Å². The summed E-state index contributed by atoms with van der Waals surface area (Å²) in [5.74, 6) is 0.0930. The highest BCUT2D eigenvalue weighted by Crippen LogP contribution is 2.25. The molecule has 0 atom stereocenters. The second-order valence-corrected chi connectivity index (χ2v) is 5.01. The molecule has 2 rings (SSSR count).